The van der Waals surface area contributed by atoms with E-state index < -0.39 is 4.92 Å². The van der Waals surface area contributed by atoms with Crippen LogP contribution in [-0.4, -0.2) is 9.91 Å². The summed E-state index contributed by atoms with van der Waals surface area (Å²) in [5.41, 5.74) is 1.42. The molecule has 0 spiro atoms. The van der Waals surface area contributed by atoms with Crippen LogP contribution < -0.4 is 5.32 Å². The maximum absolute atomic E-state index is 10.8. The first-order chi connectivity index (χ1) is 9.36. The van der Waals surface area contributed by atoms with E-state index in [1.54, 1.807) is 6.07 Å². The lowest BCUT2D eigenvalue weighted by Crippen LogP contribution is -1.97. The van der Waals surface area contributed by atoms with Gasteiger partial charge in [0.25, 0.3) is 5.69 Å². The van der Waals surface area contributed by atoms with Gasteiger partial charge in [0.2, 0.25) is 0 Å². The molecule has 1 aromatic carbocycles. The van der Waals surface area contributed by atoms with E-state index in [1.165, 1.54) is 12.1 Å². The Labute approximate surface area is 133 Å². The first kappa shape index (κ1) is 15.0. The van der Waals surface area contributed by atoms with Gasteiger partial charge in [-0.05, 0) is 40.5 Å². The standard InChI is InChI=1S/C12H8BrCl2N3O2/c1-6-2-8(13)10(5-9(6)14)16-12-4-7(18(19)20)3-11(15)17-12/h2-5H,1H3,(H,16,17). The van der Waals surface area contributed by atoms with Crippen molar-refractivity contribution in [3.63, 3.8) is 0 Å². The Kier molecular flexibility index (Phi) is 4.47. The highest BCUT2D eigenvalue weighted by atomic mass is 79.9. The van der Waals surface area contributed by atoms with Gasteiger partial charge in [-0.3, -0.25) is 10.1 Å². The monoisotopic (exact) mass is 375 g/mol. The third-order valence-electron chi connectivity index (χ3n) is 2.50. The summed E-state index contributed by atoms with van der Waals surface area (Å²) in [7, 11) is 0. The van der Waals surface area contributed by atoms with Gasteiger partial charge < -0.3 is 5.32 Å². The SMILES string of the molecule is Cc1cc(Br)c(Nc2cc([N+](=O)[O-])cc(Cl)n2)cc1Cl. The lowest BCUT2D eigenvalue weighted by Gasteiger charge is -2.10. The molecule has 0 saturated carbocycles. The van der Waals surface area contributed by atoms with E-state index in [9.17, 15) is 10.1 Å². The van der Waals surface area contributed by atoms with Crippen molar-refractivity contribution in [2.75, 3.05) is 5.32 Å². The van der Waals surface area contributed by atoms with Gasteiger partial charge >= 0.3 is 0 Å². The molecule has 0 amide bonds. The number of rotatable bonds is 3. The minimum atomic E-state index is -0.532. The fraction of sp³-hybridized carbons (Fsp3) is 0.0833. The fourth-order valence-electron chi connectivity index (χ4n) is 1.53. The average Bonchev–Trinajstić information content (AvgIpc) is 2.35. The molecule has 0 fully saturated rings. The minimum absolute atomic E-state index is 0.0380. The van der Waals surface area contributed by atoms with Crippen molar-refractivity contribution in [2.24, 2.45) is 0 Å². The third-order valence-corrected chi connectivity index (χ3v) is 3.76. The number of nitrogens with zero attached hydrogens (tertiary/aromatic N) is 2. The van der Waals surface area contributed by atoms with Crippen molar-refractivity contribution in [3.8, 4) is 0 Å². The topological polar surface area (TPSA) is 68.1 Å². The van der Waals surface area contributed by atoms with Crippen LogP contribution in [0.1, 0.15) is 5.56 Å². The van der Waals surface area contributed by atoms with E-state index in [0.717, 1.165) is 10.0 Å². The quantitative estimate of drug-likeness (QED) is 0.459. The second-order valence-corrected chi connectivity index (χ2v) is 5.65. The highest BCUT2D eigenvalue weighted by molar-refractivity contribution is 9.10. The van der Waals surface area contributed by atoms with E-state index in [4.69, 9.17) is 23.2 Å². The average molecular weight is 377 g/mol. The Hall–Kier alpha value is -1.37. The van der Waals surface area contributed by atoms with Crippen molar-refractivity contribution in [3.05, 3.63) is 54.6 Å². The van der Waals surface area contributed by atoms with Crippen molar-refractivity contribution in [1.82, 2.24) is 4.98 Å². The van der Waals surface area contributed by atoms with Crippen LogP contribution in [0.3, 0.4) is 0 Å². The van der Waals surface area contributed by atoms with Crippen LogP contribution in [0.2, 0.25) is 10.2 Å². The lowest BCUT2D eigenvalue weighted by molar-refractivity contribution is -0.384. The Bertz CT molecular complexity index is 695. The smallest absolute Gasteiger partial charge is 0.276 e. The number of halogens is 3. The second-order valence-electron chi connectivity index (χ2n) is 4.00. The van der Waals surface area contributed by atoms with Gasteiger partial charge in [-0.2, -0.15) is 0 Å². The Balaban J connectivity index is 2.40. The lowest BCUT2D eigenvalue weighted by atomic mass is 10.2. The van der Waals surface area contributed by atoms with Crippen molar-refractivity contribution < 1.29 is 4.92 Å². The van der Waals surface area contributed by atoms with Crippen molar-refractivity contribution in [2.45, 2.75) is 6.92 Å². The Morgan fingerprint density at radius 2 is 2.00 bits per heavy atom. The molecule has 8 heteroatoms. The largest absolute Gasteiger partial charge is 0.339 e. The fourth-order valence-corrected chi connectivity index (χ4v) is 2.46. The summed E-state index contributed by atoms with van der Waals surface area (Å²) in [6.07, 6.45) is 0. The van der Waals surface area contributed by atoms with Gasteiger partial charge in [0.15, 0.2) is 0 Å². The number of nitro groups is 1. The summed E-state index contributed by atoms with van der Waals surface area (Å²) in [5, 5.41) is 14.3. The predicted molar refractivity (Wildman–Crippen MR) is 83.1 cm³/mol. The summed E-state index contributed by atoms with van der Waals surface area (Å²) in [6, 6.07) is 6.02. The van der Waals surface area contributed by atoms with Crippen LogP contribution in [0.4, 0.5) is 17.2 Å². The maximum Gasteiger partial charge on any atom is 0.276 e. The van der Waals surface area contributed by atoms with Crippen LogP contribution in [0.5, 0.6) is 0 Å². The zero-order valence-electron chi connectivity index (χ0n) is 10.2. The van der Waals surface area contributed by atoms with Crippen LogP contribution in [0.25, 0.3) is 0 Å². The van der Waals surface area contributed by atoms with Gasteiger partial charge in [0.1, 0.15) is 11.0 Å². The van der Waals surface area contributed by atoms with E-state index in [2.05, 4.69) is 26.2 Å². The van der Waals surface area contributed by atoms with Crippen LogP contribution >= 0.6 is 39.1 Å². The van der Waals surface area contributed by atoms with E-state index in [-0.39, 0.29) is 16.7 Å². The summed E-state index contributed by atoms with van der Waals surface area (Å²) >= 11 is 15.2. The van der Waals surface area contributed by atoms with Crippen LogP contribution in [0, 0.1) is 17.0 Å². The number of pyridine rings is 1. The number of anilines is 2. The third kappa shape index (κ3) is 3.39. The molecule has 1 N–H and O–H groups in total. The summed E-state index contributed by atoms with van der Waals surface area (Å²) in [6.45, 7) is 1.87. The zero-order valence-corrected chi connectivity index (χ0v) is 13.3. The summed E-state index contributed by atoms with van der Waals surface area (Å²) < 4.78 is 0.767. The first-order valence-corrected chi connectivity index (χ1v) is 6.96. The first-order valence-electron chi connectivity index (χ1n) is 5.41. The van der Waals surface area contributed by atoms with Crippen LogP contribution in [-0.2, 0) is 0 Å². The molecule has 104 valence electrons. The molecular formula is C12H8BrCl2N3O2. The molecular weight excluding hydrogens is 369 g/mol. The number of aromatic nitrogens is 1. The number of benzene rings is 1. The molecule has 1 heterocycles. The molecule has 0 radical (unpaired) electrons. The van der Waals surface area contributed by atoms with E-state index in [0.29, 0.717) is 10.7 Å². The normalized spacial score (nSPS) is 10.4. The highest BCUT2D eigenvalue weighted by Crippen LogP contribution is 2.32. The molecule has 0 bridgehead atoms. The molecule has 0 aliphatic rings. The maximum atomic E-state index is 10.8. The molecule has 2 rings (SSSR count). The van der Waals surface area contributed by atoms with Gasteiger partial charge in [0.05, 0.1) is 22.7 Å². The van der Waals surface area contributed by atoms with Gasteiger partial charge in [-0.25, -0.2) is 4.98 Å². The van der Waals surface area contributed by atoms with Gasteiger partial charge in [-0.15, -0.1) is 0 Å². The molecule has 0 aliphatic heterocycles. The van der Waals surface area contributed by atoms with Crippen molar-refractivity contribution >= 4 is 56.3 Å². The number of aryl methyl sites for hydroxylation is 1. The molecule has 0 aliphatic carbocycles. The zero-order chi connectivity index (χ0) is 14.9. The molecule has 20 heavy (non-hydrogen) atoms. The number of nitrogens with one attached hydrogen (secondary N) is 1. The highest BCUT2D eigenvalue weighted by Gasteiger charge is 2.12. The van der Waals surface area contributed by atoms with Gasteiger partial charge in [-0.1, -0.05) is 23.2 Å². The molecule has 5 nitrogen and oxygen atoms in total. The van der Waals surface area contributed by atoms with E-state index >= 15 is 0 Å². The molecule has 0 unspecified atom stereocenters. The molecule has 0 saturated heterocycles. The number of hydrogen-bond acceptors (Lipinski definition) is 4. The molecule has 1 aromatic heterocycles. The molecule has 2 aromatic rings. The van der Waals surface area contributed by atoms with E-state index in [1.807, 2.05) is 13.0 Å². The predicted octanol–water partition coefficient (Wildman–Crippen LogP) is 5.11. The minimum Gasteiger partial charge on any atom is -0.339 e. The Morgan fingerprint density at radius 3 is 2.65 bits per heavy atom. The summed E-state index contributed by atoms with van der Waals surface area (Å²) in [5.74, 6) is 0.268. The second kappa shape index (κ2) is 5.95. The molecule has 0 atom stereocenters. The Morgan fingerprint density at radius 1 is 1.30 bits per heavy atom. The number of hydrogen-bond donors (Lipinski definition) is 1. The van der Waals surface area contributed by atoms with Gasteiger partial charge in [0, 0.05) is 9.50 Å². The van der Waals surface area contributed by atoms with Crippen LogP contribution in [0.15, 0.2) is 28.7 Å². The summed E-state index contributed by atoms with van der Waals surface area (Å²) in [4.78, 5) is 14.2. The van der Waals surface area contributed by atoms with Crippen molar-refractivity contribution in [1.29, 1.82) is 0 Å².